The fourth-order valence-corrected chi connectivity index (χ4v) is 2.77. The van der Waals surface area contributed by atoms with Crippen molar-refractivity contribution in [1.82, 2.24) is 4.98 Å². The van der Waals surface area contributed by atoms with Crippen molar-refractivity contribution >= 4 is 16.7 Å². The van der Waals surface area contributed by atoms with E-state index in [1.54, 1.807) is 0 Å². The van der Waals surface area contributed by atoms with Gasteiger partial charge in [-0.2, -0.15) is 5.26 Å². The average Bonchev–Trinajstić information content (AvgIpc) is 2.48. The Bertz CT molecular complexity index is 703. The van der Waals surface area contributed by atoms with Gasteiger partial charge in [0.05, 0.1) is 17.7 Å². The molecule has 1 aliphatic heterocycles. The molecule has 0 radical (unpaired) electrons. The van der Waals surface area contributed by atoms with Gasteiger partial charge in [-0.25, -0.2) is 4.98 Å². The molecule has 2 heterocycles. The van der Waals surface area contributed by atoms with E-state index in [4.69, 9.17) is 4.74 Å². The van der Waals surface area contributed by atoms with Gasteiger partial charge in [-0.05, 0) is 18.6 Å². The van der Waals surface area contributed by atoms with E-state index >= 15 is 0 Å². The topological polar surface area (TPSA) is 57.9 Å². The Labute approximate surface area is 124 Å². The van der Waals surface area contributed by atoms with Crippen LogP contribution in [0.1, 0.15) is 25.8 Å². The van der Waals surface area contributed by atoms with Crippen LogP contribution in [0.5, 0.6) is 0 Å². The molecule has 2 aromatic rings. The van der Waals surface area contributed by atoms with Crippen molar-refractivity contribution in [1.29, 1.82) is 5.26 Å². The van der Waals surface area contributed by atoms with E-state index in [0.29, 0.717) is 11.4 Å². The predicted octanol–water partition coefficient (Wildman–Crippen LogP) is 3.33. The molecular weight excluding hydrogens is 262 g/mol. The number of ether oxygens (including phenoxy) is 1. The molecule has 1 saturated heterocycles. The van der Waals surface area contributed by atoms with Crippen LogP contribution in [0.25, 0.3) is 10.9 Å². The van der Waals surface area contributed by atoms with E-state index < -0.39 is 0 Å². The first kappa shape index (κ1) is 13.8. The summed E-state index contributed by atoms with van der Waals surface area (Å²) in [7, 11) is 0. The van der Waals surface area contributed by atoms with Crippen molar-refractivity contribution < 1.29 is 4.74 Å². The second-order valence-electron chi connectivity index (χ2n) is 6.22. The summed E-state index contributed by atoms with van der Waals surface area (Å²) in [5, 5.41) is 13.8. The van der Waals surface area contributed by atoms with Crippen LogP contribution >= 0.6 is 0 Å². The van der Waals surface area contributed by atoms with Crippen LogP contribution in [-0.4, -0.2) is 24.2 Å². The SMILES string of the molecule is CC1(C)COCC[C@@H]1Nc1nc2ccccc2cc1C#N. The molecule has 0 amide bonds. The normalized spacial score (nSPS) is 20.9. The number of hydrogen-bond acceptors (Lipinski definition) is 4. The van der Waals surface area contributed by atoms with Crippen molar-refractivity contribution in [2.75, 3.05) is 18.5 Å². The number of pyridine rings is 1. The number of rotatable bonds is 2. The highest BCUT2D eigenvalue weighted by molar-refractivity contribution is 5.82. The second-order valence-corrected chi connectivity index (χ2v) is 6.22. The smallest absolute Gasteiger partial charge is 0.144 e. The van der Waals surface area contributed by atoms with Gasteiger partial charge in [-0.3, -0.25) is 0 Å². The highest BCUT2D eigenvalue weighted by Gasteiger charge is 2.33. The lowest BCUT2D eigenvalue weighted by molar-refractivity contribution is 0.00338. The number of hydrogen-bond donors (Lipinski definition) is 1. The largest absolute Gasteiger partial charge is 0.381 e. The lowest BCUT2D eigenvalue weighted by atomic mass is 9.82. The highest BCUT2D eigenvalue weighted by Crippen LogP contribution is 2.31. The third-order valence-electron chi connectivity index (χ3n) is 4.12. The number of aromatic nitrogens is 1. The molecule has 1 fully saturated rings. The van der Waals surface area contributed by atoms with E-state index in [2.05, 4.69) is 30.2 Å². The molecule has 1 aromatic carbocycles. The zero-order valence-electron chi connectivity index (χ0n) is 12.4. The highest BCUT2D eigenvalue weighted by atomic mass is 16.5. The molecule has 1 aromatic heterocycles. The Morgan fingerprint density at radius 2 is 2.19 bits per heavy atom. The first-order chi connectivity index (χ1) is 10.1. The average molecular weight is 281 g/mol. The molecule has 1 aliphatic rings. The maximum atomic E-state index is 9.38. The first-order valence-corrected chi connectivity index (χ1v) is 7.24. The Balaban J connectivity index is 1.98. The number of anilines is 1. The van der Waals surface area contributed by atoms with Crippen LogP contribution < -0.4 is 5.32 Å². The Kier molecular flexibility index (Phi) is 3.52. The van der Waals surface area contributed by atoms with E-state index in [-0.39, 0.29) is 11.5 Å². The predicted molar refractivity (Wildman–Crippen MR) is 83.1 cm³/mol. The summed E-state index contributed by atoms with van der Waals surface area (Å²) >= 11 is 0. The van der Waals surface area contributed by atoms with Gasteiger partial charge in [0.2, 0.25) is 0 Å². The van der Waals surface area contributed by atoms with Crippen molar-refractivity contribution in [3.05, 3.63) is 35.9 Å². The van der Waals surface area contributed by atoms with Crippen molar-refractivity contribution in [3.63, 3.8) is 0 Å². The van der Waals surface area contributed by atoms with Crippen LogP contribution in [-0.2, 0) is 4.74 Å². The van der Waals surface area contributed by atoms with Gasteiger partial charge < -0.3 is 10.1 Å². The number of para-hydroxylation sites is 1. The quantitative estimate of drug-likeness (QED) is 0.917. The number of nitriles is 1. The van der Waals surface area contributed by atoms with Gasteiger partial charge in [0, 0.05) is 23.4 Å². The maximum Gasteiger partial charge on any atom is 0.144 e. The summed E-state index contributed by atoms with van der Waals surface area (Å²) in [5.74, 6) is 0.677. The monoisotopic (exact) mass is 281 g/mol. The third kappa shape index (κ3) is 2.70. The van der Waals surface area contributed by atoms with Crippen LogP contribution in [0.3, 0.4) is 0 Å². The minimum atomic E-state index is 0.0261. The molecule has 0 aliphatic carbocycles. The zero-order valence-corrected chi connectivity index (χ0v) is 12.4. The molecule has 1 atom stereocenters. The van der Waals surface area contributed by atoms with E-state index in [1.807, 2.05) is 30.3 Å². The molecule has 0 bridgehead atoms. The molecule has 0 unspecified atom stereocenters. The molecule has 108 valence electrons. The summed E-state index contributed by atoms with van der Waals surface area (Å²) < 4.78 is 5.55. The van der Waals surface area contributed by atoms with Gasteiger partial charge in [0.25, 0.3) is 0 Å². The molecule has 1 N–H and O–H groups in total. The number of benzene rings is 1. The van der Waals surface area contributed by atoms with Crippen LogP contribution in [0.15, 0.2) is 30.3 Å². The number of nitrogens with one attached hydrogen (secondary N) is 1. The van der Waals surface area contributed by atoms with Crippen LogP contribution in [0.4, 0.5) is 5.82 Å². The molecular formula is C17H19N3O. The lowest BCUT2D eigenvalue weighted by Gasteiger charge is -2.39. The molecule has 0 spiro atoms. The van der Waals surface area contributed by atoms with Gasteiger partial charge in [-0.1, -0.05) is 32.0 Å². The van der Waals surface area contributed by atoms with Crippen molar-refractivity contribution in [3.8, 4) is 6.07 Å². The summed E-state index contributed by atoms with van der Waals surface area (Å²) in [6.45, 7) is 5.82. The Morgan fingerprint density at radius 1 is 1.38 bits per heavy atom. The molecule has 0 saturated carbocycles. The summed E-state index contributed by atoms with van der Waals surface area (Å²) in [6.07, 6.45) is 0.923. The minimum absolute atomic E-state index is 0.0261. The lowest BCUT2D eigenvalue weighted by Crippen LogP contribution is -2.44. The third-order valence-corrected chi connectivity index (χ3v) is 4.12. The minimum Gasteiger partial charge on any atom is -0.381 e. The van der Waals surface area contributed by atoms with E-state index in [0.717, 1.165) is 30.5 Å². The van der Waals surface area contributed by atoms with E-state index in [9.17, 15) is 5.26 Å². The molecule has 21 heavy (non-hydrogen) atoms. The molecule has 3 rings (SSSR count). The second kappa shape index (κ2) is 5.34. The Hall–Kier alpha value is -2.12. The Morgan fingerprint density at radius 3 is 2.95 bits per heavy atom. The van der Waals surface area contributed by atoms with E-state index in [1.165, 1.54) is 0 Å². The van der Waals surface area contributed by atoms with Gasteiger partial charge in [0.15, 0.2) is 0 Å². The van der Waals surface area contributed by atoms with Crippen molar-refractivity contribution in [2.24, 2.45) is 5.41 Å². The van der Waals surface area contributed by atoms with Gasteiger partial charge in [-0.15, -0.1) is 0 Å². The number of fused-ring (bicyclic) bond motifs is 1. The number of nitrogens with zero attached hydrogens (tertiary/aromatic N) is 2. The van der Waals surface area contributed by atoms with Gasteiger partial charge in [0.1, 0.15) is 11.9 Å². The maximum absolute atomic E-state index is 9.38. The van der Waals surface area contributed by atoms with Crippen LogP contribution in [0.2, 0.25) is 0 Å². The fourth-order valence-electron chi connectivity index (χ4n) is 2.77. The van der Waals surface area contributed by atoms with Gasteiger partial charge >= 0.3 is 0 Å². The fraction of sp³-hybridized carbons (Fsp3) is 0.412. The molecule has 4 heteroatoms. The summed E-state index contributed by atoms with van der Waals surface area (Å²) in [6, 6.07) is 12.3. The standard InChI is InChI=1S/C17H19N3O/c1-17(2)11-21-8-7-15(17)20-16-13(10-18)9-12-5-3-4-6-14(12)19-16/h3-6,9,15H,7-8,11H2,1-2H3,(H,19,20)/t15-/m0/s1. The summed E-state index contributed by atoms with van der Waals surface area (Å²) in [5.41, 5.74) is 1.53. The zero-order chi connectivity index (χ0) is 14.9. The summed E-state index contributed by atoms with van der Waals surface area (Å²) in [4.78, 5) is 4.63. The van der Waals surface area contributed by atoms with Crippen LogP contribution in [0, 0.1) is 16.7 Å². The first-order valence-electron chi connectivity index (χ1n) is 7.24. The van der Waals surface area contributed by atoms with Crippen molar-refractivity contribution in [2.45, 2.75) is 26.3 Å². The molecule has 4 nitrogen and oxygen atoms in total.